The minimum Gasteiger partial charge on any atom is -0.394 e. The number of aliphatic hydroxyl groups excluding tert-OH is 2. The highest BCUT2D eigenvalue weighted by atomic mass is 16.3. The maximum Gasteiger partial charge on any atom is 0.220 e. The van der Waals surface area contributed by atoms with E-state index in [1.807, 2.05) is 19.0 Å². The van der Waals surface area contributed by atoms with Crippen molar-refractivity contribution in [1.29, 1.82) is 0 Å². The topological polar surface area (TPSA) is 72.8 Å². The smallest absolute Gasteiger partial charge is 0.220 e. The number of hydrogen-bond donors (Lipinski definition) is 3. The van der Waals surface area contributed by atoms with E-state index in [1.165, 1.54) is 0 Å². The van der Waals surface area contributed by atoms with Crippen LogP contribution in [-0.2, 0) is 4.79 Å². The van der Waals surface area contributed by atoms with Gasteiger partial charge in [-0.15, -0.1) is 0 Å². The zero-order valence-corrected chi connectivity index (χ0v) is 8.86. The van der Waals surface area contributed by atoms with Crippen LogP contribution in [0.1, 0.15) is 12.8 Å². The molecule has 0 spiro atoms. The Labute approximate surface area is 84.7 Å². The predicted molar refractivity (Wildman–Crippen MR) is 53.9 cm³/mol. The van der Waals surface area contributed by atoms with Crippen molar-refractivity contribution in [2.75, 3.05) is 33.8 Å². The van der Waals surface area contributed by atoms with Crippen molar-refractivity contribution in [3.8, 4) is 0 Å². The fourth-order valence-corrected chi connectivity index (χ4v) is 0.940. The quantitative estimate of drug-likeness (QED) is 0.487. The van der Waals surface area contributed by atoms with Crippen molar-refractivity contribution in [2.24, 2.45) is 0 Å². The van der Waals surface area contributed by atoms with Gasteiger partial charge in [0.2, 0.25) is 5.91 Å². The Morgan fingerprint density at radius 3 is 2.64 bits per heavy atom. The molecule has 1 amide bonds. The Morgan fingerprint density at radius 2 is 2.14 bits per heavy atom. The molecule has 84 valence electrons. The summed E-state index contributed by atoms with van der Waals surface area (Å²) in [4.78, 5) is 13.1. The molecule has 0 rings (SSSR count). The standard InChI is InChI=1S/C9H20N2O3/c1-11(2)5-3-4-9(14)10-6-8(13)7-12/h8,12-13H,3-7H2,1-2H3,(H,10,14)/t8-/m0/s1. The summed E-state index contributed by atoms with van der Waals surface area (Å²) >= 11 is 0. The van der Waals surface area contributed by atoms with Crippen molar-refractivity contribution in [1.82, 2.24) is 10.2 Å². The van der Waals surface area contributed by atoms with Gasteiger partial charge in [-0.1, -0.05) is 0 Å². The lowest BCUT2D eigenvalue weighted by Gasteiger charge is -2.10. The van der Waals surface area contributed by atoms with Gasteiger partial charge in [-0.25, -0.2) is 0 Å². The summed E-state index contributed by atoms with van der Waals surface area (Å²) in [5, 5.41) is 20.0. The number of nitrogens with one attached hydrogen (secondary N) is 1. The summed E-state index contributed by atoms with van der Waals surface area (Å²) in [6.45, 7) is 0.672. The Kier molecular flexibility index (Phi) is 7.37. The number of nitrogens with zero attached hydrogens (tertiary/aromatic N) is 1. The number of hydrogen-bond acceptors (Lipinski definition) is 4. The summed E-state index contributed by atoms with van der Waals surface area (Å²) < 4.78 is 0. The summed E-state index contributed by atoms with van der Waals surface area (Å²) in [6.07, 6.45) is 0.400. The Hall–Kier alpha value is -0.650. The van der Waals surface area contributed by atoms with Gasteiger partial charge in [-0.2, -0.15) is 0 Å². The van der Waals surface area contributed by atoms with E-state index in [0.717, 1.165) is 13.0 Å². The molecule has 0 aromatic carbocycles. The van der Waals surface area contributed by atoms with Crippen molar-refractivity contribution < 1.29 is 15.0 Å². The van der Waals surface area contributed by atoms with E-state index in [0.29, 0.717) is 6.42 Å². The lowest BCUT2D eigenvalue weighted by molar-refractivity contribution is -0.121. The Morgan fingerprint density at radius 1 is 1.50 bits per heavy atom. The molecule has 0 saturated heterocycles. The first kappa shape index (κ1) is 13.4. The largest absolute Gasteiger partial charge is 0.394 e. The van der Waals surface area contributed by atoms with E-state index in [9.17, 15) is 4.79 Å². The van der Waals surface area contributed by atoms with Crippen LogP contribution in [0.25, 0.3) is 0 Å². The molecule has 14 heavy (non-hydrogen) atoms. The number of amides is 1. The number of carbonyl (C=O) groups excluding carboxylic acids is 1. The third-order valence-corrected chi connectivity index (χ3v) is 1.75. The zero-order valence-electron chi connectivity index (χ0n) is 8.86. The van der Waals surface area contributed by atoms with Crippen LogP contribution in [-0.4, -0.2) is 60.9 Å². The van der Waals surface area contributed by atoms with Crippen LogP contribution in [0.3, 0.4) is 0 Å². The molecule has 0 bridgehead atoms. The Bertz CT molecular complexity index is 162. The molecule has 5 heteroatoms. The summed E-state index contributed by atoms with van der Waals surface area (Å²) in [5.74, 6) is -0.0839. The molecule has 0 heterocycles. The number of rotatable bonds is 7. The molecule has 0 aliphatic carbocycles. The second kappa shape index (κ2) is 7.73. The molecule has 0 unspecified atom stereocenters. The van der Waals surface area contributed by atoms with E-state index in [1.54, 1.807) is 0 Å². The predicted octanol–water partition coefficient (Wildman–Crippen LogP) is -1.20. The lowest BCUT2D eigenvalue weighted by atomic mass is 10.2. The summed E-state index contributed by atoms with van der Waals surface area (Å²) in [7, 11) is 3.90. The van der Waals surface area contributed by atoms with Crippen LogP contribution in [0.5, 0.6) is 0 Å². The van der Waals surface area contributed by atoms with E-state index in [-0.39, 0.29) is 19.1 Å². The second-order valence-corrected chi connectivity index (χ2v) is 3.55. The number of carbonyl (C=O) groups is 1. The highest BCUT2D eigenvalue weighted by Gasteiger charge is 2.05. The van der Waals surface area contributed by atoms with Gasteiger partial charge in [0.25, 0.3) is 0 Å². The zero-order chi connectivity index (χ0) is 11.0. The van der Waals surface area contributed by atoms with Gasteiger partial charge in [0, 0.05) is 13.0 Å². The molecule has 1 atom stereocenters. The molecule has 0 aliphatic heterocycles. The fourth-order valence-electron chi connectivity index (χ4n) is 0.940. The first-order valence-corrected chi connectivity index (χ1v) is 4.76. The van der Waals surface area contributed by atoms with Crippen molar-refractivity contribution in [3.63, 3.8) is 0 Å². The van der Waals surface area contributed by atoms with Gasteiger partial charge in [0.15, 0.2) is 0 Å². The van der Waals surface area contributed by atoms with Crippen LogP contribution < -0.4 is 5.32 Å². The molecule has 3 N–H and O–H groups in total. The Balaban J connectivity index is 3.37. The van der Waals surface area contributed by atoms with Gasteiger partial charge in [-0.3, -0.25) is 4.79 Å². The molecule has 0 aliphatic rings. The van der Waals surface area contributed by atoms with E-state index in [2.05, 4.69) is 5.32 Å². The van der Waals surface area contributed by atoms with Gasteiger partial charge in [0.1, 0.15) is 0 Å². The monoisotopic (exact) mass is 204 g/mol. The minimum atomic E-state index is -0.854. The molecule has 0 aromatic heterocycles. The van der Waals surface area contributed by atoms with E-state index >= 15 is 0 Å². The molecule has 0 fully saturated rings. The minimum absolute atomic E-state index is 0.0839. The van der Waals surface area contributed by atoms with Gasteiger partial charge < -0.3 is 20.4 Å². The average Bonchev–Trinajstić information content (AvgIpc) is 2.13. The third-order valence-electron chi connectivity index (χ3n) is 1.75. The van der Waals surface area contributed by atoms with Crippen molar-refractivity contribution >= 4 is 5.91 Å². The highest BCUT2D eigenvalue weighted by molar-refractivity contribution is 5.75. The van der Waals surface area contributed by atoms with Gasteiger partial charge in [0.05, 0.1) is 12.7 Å². The van der Waals surface area contributed by atoms with E-state index < -0.39 is 6.10 Å². The fraction of sp³-hybridized carbons (Fsp3) is 0.889. The molecule has 0 radical (unpaired) electrons. The maximum atomic E-state index is 11.1. The molecular weight excluding hydrogens is 184 g/mol. The average molecular weight is 204 g/mol. The first-order chi connectivity index (χ1) is 6.56. The van der Waals surface area contributed by atoms with Crippen LogP contribution in [0, 0.1) is 0 Å². The van der Waals surface area contributed by atoms with Crippen molar-refractivity contribution in [3.05, 3.63) is 0 Å². The summed E-state index contributed by atoms with van der Waals surface area (Å²) in [6, 6.07) is 0. The molecule has 0 saturated carbocycles. The normalized spacial score (nSPS) is 12.9. The maximum absolute atomic E-state index is 11.1. The van der Waals surface area contributed by atoms with Crippen LogP contribution in [0.4, 0.5) is 0 Å². The van der Waals surface area contributed by atoms with Crippen LogP contribution in [0.2, 0.25) is 0 Å². The first-order valence-electron chi connectivity index (χ1n) is 4.76. The van der Waals surface area contributed by atoms with Crippen molar-refractivity contribution in [2.45, 2.75) is 18.9 Å². The van der Waals surface area contributed by atoms with Gasteiger partial charge >= 0.3 is 0 Å². The molecular formula is C9H20N2O3. The summed E-state index contributed by atoms with van der Waals surface area (Å²) in [5.41, 5.74) is 0. The van der Waals surface area contributed by atoms with E-state index in [4.69, 9.17) is 10.2 Å². The van der Waals surface area contributed by atoms with Crippen LogP contribution >= 0.6 is 0 Å². The highest BCUT2D eigenvalue weighted by Crippen LogP contribution is 1.90. The van der Waals surface area contributed by atoms with Crippen LogP contribution in [0.15, 0.2) is 0 Å². The second-order valence-electron chi connectivity index (χ2n) is 3.55. The number of aliphatic hydroxyl groups is 2. The molecule has 0 aromatic rings. The SMILES string of the molecule is CN(C)CCCC(=O)NC[C@H](O)CO. The van der Waals surface area contributed by atoms with Gasteiger partial charge in [-0.05, 0) is 27.1 Å². The third kappa shape index (κ3) is 7.97. The lowest BCUT2D eigenvalue weighted by Crippen LogP contribution is -2.34. The molecule has 5 nitrogen and oxygen atoms in total.